The molecule has 0 bridgehead atoms. The lowest BCUT2D eigenvalue weighted by Crippen LogP contribution is -2.38. The lowest BCUT2D eigenvalue weighted by atomic mass is 9.98. The summed E-state index contributed by atoms with van der Waals surface area (Å²) in [7, 11) is 1.65. The van der Waals surface area contributed by atoms with E-state index < -0.39 is 17.5 Å². The lowest BCUT2D eigenvalue weighted by Gasteiger charge is -2.32. The standard InChI is InChI=1S/C26H31N5O5/c1-5-35-24(32)22-20-15-30(16(2)3)11-12-31(20)23(27-22)18-8-6-7-17(13-18)19-14-21(36-28-19)26(34)9-10-29(4)25(26)33/h6-8,13-14,16,34H,5,9-12,15H2,1-4H3. The minimum absolute atomic E-state index is 0.133. The maximum Gasteiger partial charge on any atom is 0.358 e. The van der Waals surface area contributed by atoms with Crippen molar-refractivity contribution in [3.05, 3.63) is 47.5 Å². The molecule has 5 rings (SSSR count). The predicted molar refractivity (Wildman–Crippen MR) is 131 cm³/mol. The maximum atomic E-state index is 12.7. The molecule has 1 unspecified atom stereocenters. The number of hydrogen-bond acceptors (Lipinski definition) is 8. The normalized spacial score (nSPS) is 20.3. The van der Waals surface area contributed by atoms with E-state index in [1.54, 1.807) is 20.0 Å². The van der Waals surface area contributed by atoms with Crippen LogP contribution in [0.3, 0.4) is 0 Å². The Hall–Kier alpha value is -3.50. The Labute approximate surface area is 209 Å². The van der Waals surface area contributed by atoms with Crippen LogP contribution >= 0.6 is 0 Å². The highest BCUT2D eigenvalue weighted by Crippen LogP contribution is 2.36. The first-order chi connectivity index (χ1) is 17.2. The van der Waals surface area contributed by atoms with Crippen LogP contribution in [0.2, 0.25) is 0 Å². The molecule has 4 heterocycles. The maximum absolute atomic E-state index is 12.7. The highest BCUT2D eigenvalue weighted by Gasteiger charge is 2.48. The Kier molecular flexibility index (Phi) is 6.17. The second-order valence-corrected chi connectivity index (χ2v) is 9.66. The number of ether oxygens (including phenoxy) is 1. The number of rotatable bonds is 6. The molecule has 1 aromatic carbocycles. The summed E-state index contributed by atoms with van der Waals surface area (Å²) in [5.74, 6) is 0.00168. The van der Waals surface area contributed by atoms with Crippen LogP contribution in [-0.2, 0) is 28.2 Å². The van der Waals surface area contributed by atoms with Gasteiger partial charge in [0.15, 0.2) is 11.5 Å². The smallest absolute Gasteiger partial charge is 0.358 e. The van der Waals surface area contributed by atoms with Crippen molar-refractivity contribution in [3.63, 3.8) is 0 Å². The Morgan fingerprint density at radius 3 is 2.69 bits per heavy atom. The van der Waals surface area contributed by atoms with Crippen LogP contribution in [0.1, 0.15) is 49.1 Å². The number of likely N-dealkylation sites (tertiary alicyclic amines) is 1. The van der Waals surface area contributed by atoms with Gasteiger partial charge >= 0.3 is 5.97 Å². The molecule has 1 atom stereocenters. The highest BCUT2D eigenvalue weighted by atomic mass is 16.5. The van der Waals surface area contributed by atoms with E-state index in [0.29, 0.717) is 42.9 Å². The van der Waals surface area contributed by atoms with Gasteiger partial charge in [-0.2, -0.15) is 0 Å². The van der Waals surface area contributed by atoms with E-state index in [9.17, 15) is 14.7 Å². The Morgan fingerprint density at radius 1 is 1.22 bits per heavy atom. The third-order valence-corrected chi connectivity index (χ3v) is 7.08. The first-order valence-electron chi connectivity index (χ1n) is 12.3. The van der Waals surface area contributed by atoms with Crippen LogP contribution in [0, 0.1) is 0 Å². The fourth-order valence-corrected chi connectivity index (χ4v) is 4.92. The Balaban J connectivity index is 1.51. The van der Waals surface area contributed by atoms with Crippen LogP contribution in [0.4, 0.5) is 0 Å². The minimum Gasteiger partial charge on any atom is -0.461 e. The number of likely N-dealkylation sites (N-methyl/N-ethyl adjacent to an activating group) is 1. The number of hydrogen-bond donors (Lipinski definition) is 1. The molecule has 1 N–H and O–H groups in total. The SMILES string of the molecule is CCOC(=O)c1nc(-c2cccc(-c3cc(C4(O)CCN(C)C4=O)on3)c2)n2c1CN(C(C)C)CC2. The summed E-state index contributed by atoms with van der Waals surface area (Å²) in [5.41, 5.74) is 1.57. The Bertz CT molecular complexity index is 1310. The van der Waals surface area contributed by atoms with E-state index in [1.165, 1.54) is 4.90 Å². The number of carbonyl (C=O) groups is 2. The van der Waals surface area contributed by atoms with Gasteiger partial charge in [-0.05, 0) is 26.8 Å². The number of benzene rings is 1. The largest absolute Gasteiger partial charge is 0.461 e. The lowest BCUT2D eigenvalue weighted by molar-refractivity contribution is -0.144. The van der Waals surface area contributed by atoms with Crippen molar-refractivity contribution in [2.75, 3.05) is 26.7 Å². The molecule has 0 radical (unpaired) electrons. The fourth-order valence-electron chi connectivity index (χ4n) is 4.92. The fraction of sp³-hybridized carbons (Fsp3) is 0.462. The van der Waals surface area contributed by atoms with Crippen LogP contribution < -0.4 is 0 Å². The average molecular weight is 494 g/mol. The van der Waals surface area contributed by atoms with E-state index >= 15 is 0 Å². The quantitative estimate of drug-likeness (QED) is 0.522. The number of imidazole rings is 1. The molecule has 1 fully saturated rings. The number of amides is 1. The zero-order valence-electron chi connectivity index (χ0n) is 21.0. The van der Waals surface area contributed by atoms with Crippen molar-refractivity contribution in [2.45, 2.75) is 51.9 Å². The van der Waals surface area contributed by atoms with E-state index in [2.05, 4.69) is 28.5 Å². The van der Waals surface area contributed by atoms with Crippen molar-refractivity contribution in [2.24, 2.45) is 0 Å². The van der Waals surface area contributed by atoms with Gasteiger partial charge in [0.05, 0.1) is 12.3 Å². The van der Waals surface area contributed by atoms with E-state index in [1.807, 2.05) is 24.3 Å². The number of aliphatic hydroxyl groups is 1. The zero-order valence-corrected chi connectivity index (χ0v) is 21.0. The summed E-state index contributed by atoms with van der Waals surface area (Å²) >= 11 is 0. The van der Waals surface area contributed by atoms with Crippen molar-refractivity contribution in [1.82, 2.24) is 24.5 Å². The number of fused-ring (bicyclic) bond motifs is 1. The second-order valence-electron chi connectivity index (χ2n) is 9.66. The molecule has 2 aliphatic rings. The van der Waals surface area contributed by atoms with Gasteiger partial charge in [0, 0.05) is 62.9 Å². The van der Waals surface area contributed by atoms with Crippen LogP contribution in [-0.4, -0.2) is 74.3 Å². The molecule has 36 heavy (non-hydrogen) atoms. The first-order valence-corrected chi connectivity index (χ1v) is 12.3. The van der Waals surface area contributed by atoms with Gasteiger partial charge in [-0.3, -0.25) is 9.69 Å². The van der Waals surface area contributed by atoms with Gasteiger partial charge in [-0.25, -0.2) is 9.78 Å². The van der Waals surface area contributed by atoms with Crippen LogP contribution in [0.5, 0.6) is 0 Å². The summed E-state index contributed by atoms with van der Waals surface area (Å²) in [6, 6.07) is 9.59. The van der Waals surface area contributed by atoms with Crippen LogP contribution in [0.25, 0.3) is 22.6 Å². The van der Waals surface area contributed by atoms with Crippen molar-refractivity contribution >= 4 is 11.9 Å². The third kappa shape index (κ3) is 4.00. The molecule has 2 aliphatic heterocycles. The molecule has 3 aromatic rings. The van der Waals surface area contributed by atoms with Crippen molar-refractivity contribution in [1.29, 1.82) is 0 Å². The number of carbonyl (C=O) groups excluding carboxylic acids is 2. The molecule has 1 saturated heterocycles. The van der Waals surface area contributed by atoms with Crippen molar-refractivity contribution in [3.8, 4) is 22.6 Å². The summed E-state index contributed by atoms with van der Waals surface area (Å²) in [5, 5.41) is 15.0. The zero-order chi connectivity index (χ0) is 25.6. The summed E-state index contributed by atoms with van der Waals surface area (Å²) in [4.78, 5) is 33.7. The van der Waals surface area contributed by atoms with Gasteiger partial charge in [-0.1, -0.05) is 23.4 Å². The molecule has 10 heteroatoms. The number of esters is 1. The topological polar surface area (TPSA) is 114 Å². The van der Waals surface area contributed by atoms with Gasteiger partial charge in [0.25, 0.3) is 5.91 Å². The minimum atomic E-state index is -1.70. The second kappa shape index (κ2) is 9.18. The monoisotopic (exact) mass is 493 g/mol. The molecule has 10 nitrogen and oxygen atoms in total. The predicted octanol–water partition coefficient (Wildman–Crippen LogP) is 2.66. The molecule has 0 aliphatic carbocycles. The molecule has 0 spiro atoms. The summed E-state index contributed by atoms with van der Waals surface area (Å²) < 4.78 is 12.8. The summed E-state index contributed by atoms with van der Waals surface area (Å²) in [6.07, 6.45) is 0.251. The number of nitrogens with zero attached hydrogens (tertiary/aromatic N) is 5. The van der Waals surface area contributed by atoms with Gasteiger partial charge < -0.3 is 23.8 Å². The van der Waals surface area contributed by atoms with E-state index in [-0.39, 0.29) is 18.8 Å². The third-order valence-electron chi connectivity index (χ3n) is 7.08. The Morgan fingerprint density at radius 2 is 2.00 bits per heavy atom. The van der Waals surface area contributed by atoms with Gasteiger partial charge in [0.1, 0.15) is 11.5 Å². The first kappa shape index (κ1) is 24.2. The summed E-state index contributed by atoms with van der Waals surface area (Å²) in [6.45, 7) is 8.96. The average Bonchev–Trinajstić information content (AvgIpc) is 3.58. The van der Waals surface area contributed by atoms with E-state index in [4.69, 9.17) is 14.2 Å². The number of aromatic nitrogens is 3. The van der Waals surface area contributed by atoms with E-state index in [0.717, 1.165) is 23.4 Å². The molecule has 2 aromatic heterocycles. The molecular formula is C26H31N5O5. The molecule has 1 amide bonds. The van der Waals surface area contributed by atoms with Crippen molar-refractivity contribution < 1.29 is 24.0 Å². The molecule has 190 valence electrons. The molecular weight excluding hydrogens is 462 g/mol. The van der Waals surface area contributed by atoms with Gasteiger partial charge in [0.2, 0.25) is 5.60 Å². The molecule has 0 saturated carbocycles. The van der Waals surface area contributed by atoms with Gasteiger partial charge in [-0.15, -0.1) is 0 Å². The van der Waals surface area contributed by atoms with Crippen LogP contribution in [0.15, 0.2) is 34.9 Å². The highest BCUT2D eigenvalue weighted by molar-refractivity contribution is 5.90.